The van der Waals surface area contributed by atoms with Crippen LogP contribution in [-0.4, -0.2) is 56.5 Å². The molecule has 0 saturated carbocycles. The maximum atomic E-state index is 12.6. The van der Waals surface area contributed by atoms with Gasteiger partial charge in [0.15, 0.2) is 0 Å². The van der Waals surface area contributed by atoms with Gasteiger partial charge in [0.2, 0.25) is 5.91 Å². The van der Waals surface area contributed by atoms with E-state index in [-0.39, 0.29) is 11.3 Å². The van der Waals surface area contributed by atoms with Crippen molar-refractivity contribution in [1.29, 1.82) is 5.26 Å². The van der Waals surface area contributed by atoms with Gasteiger partial charge in [-0.2, -0.15) is 5.26 Å². The van der Waals surface area contributed by atoms with Gasteiger partial charge < -0.3 is 9.80 Å². The molecule has 0 spiro atoms. The number of amides is 1. The fraction of sp³-hybridized carbons (Fsp3) is 0.600. The van der Waals surface area contributed by atoms with Crippen LogP contribution < -0.4 is 4.90 Å². The molecule has 1 amide bonds. The minimum absolute atomic E-state index is 0.0823. The van der Waals surface area contributed by atoms with E-state index in [0.29, 0.717) is 26.1 Å². The van der Waals surface area contributed by atoms with Crippen molar-refractivity contribution in [3.8, 4) is 6.07 Å². The third kappa shape index (κ3) is 8.04. The van der Waals surface area contributed by atoms with E-state index in [1.54, 1.807) is 4.90 Å². The van der Waals surface area contributed by atoms with Crippen molar-refractivity contribution < 1.29 is 4.79 Å². The summed E-state index contributed by atoms with van der Waals surface area (Å²) in [6.45, 7) is 8.81. The van der Waals surface area contributed by atoms with Gasteiger partial charge in [0.1, 0.15) is 0 Å². The topological polar surface area (TPSA) is 50.6 Å². The van der Waals surface area contributed by atoms with E-state index in [4.69, 9.17) is 5.26 Å². The molecular weight excluding hydrogens is 312 g/mol. The molecule has 0 radical (unpaired) electrons. The minimum Gasteiger partial charge on any atom is -0.378 e. The molecule has 0 aliphatic heterocycles. The Kier molecular flexibility index (Phi) is 7.92. The molecule has 0 bridgehead atoms. The highest BCUT2D eigenvalue weighted by molar-refractivity contribution is 5.78. The Hall–Kier alpha value is -2.06. The first kappa shape index (κ1) is 21.0. The van der Waals surface area contributed by atoms with Gasteiger partial charge in [-0.05, 0) is 23.1 Å². The van der Waals surface area contributed by atoms with Crippen molar-refractivity contribution in [2.75, 3.05) is 45.7 Å². The van der Waals surface area contributed by atoms with E-state index < -0.39 is 0 Å². The highest BCUT2D eigenvalue weighted by Crippen LogP contribution is 2.16. The van der Waals surface area contributed by atoms with Crippen LogP contribution in [0, 0.1) is 16.7 Å². The Morgan fingerprint density at radius 1 is 1.12 bits per heavy atom. The standard InChI is InChI=1S/C20H32N4O/c1-20(2,3)16-24(13-7-12-21)15-19(25)23(6)14-17-8-10-18(11-9-17)22(4)5/h8-11H,7,13-16H2,1-6H3. The summed E-state index contributed by atoms with van der Waals surface area (Å²) in [6, 6.07) is 10.4. The van der Waals surface area contributed by atoms with Gasteiger partial charge in [-0.25, -0.2) is 0 Å². The van der Waals surface area contributed by atoms with Crippen LogP contribution in [-0.2, 0) is 11.3 Å². The Morgan fingerprint density at radius 2 is 1.72 bits per heavy atom. The Labute approximate surface area is 152 Å². The highest BCUT2D eigenvalue weighted by atomic mass is 16.2. The summed E-state index contributed by atoms with van der Waals surface area (Å²) in [6.07, 6.45) is 0.444. The van der Waals surface area contributed by atoms with Crippen molar-refractivity contribution in [3.63, 3.8) is 0 Å². The lowest BCUT2D eigenvalue weighted by Crippen LogP contribution is -2.42. The third-order valence-corrected chi connectivity index (χ3v) is 3.89. The zero-order valence-electron chi connectivity index (χ0n) is 16.5. The fourth-order valence-electron chi connectivity index (χ4n) is 2.67. The summed E-state index contributed by atoms with van der Waals surface area (Å²) in [5, 5.41) is 8.84. The van der Waals surface area contributed by atoms with Crippen LogP contribution in [0.1, 0.15) is 32.8 Å². The van der Waals surface area contributed by atoms with E-state index in [1.807, 2.05) is 21.1 Å². The second-order valence-corrected chi connectivity index (χ2v) is 7.99. The zero-order valence-corrected chi connectivity index (χ0v) is 16.5. The van der Waals surface area contributed by atoms with Crippen molar-refractivity contribution in [2.45, 2.75) is 33.7 Å². The smallest absolute Gasteiger partial charge is 0.236 e. The highest BCUT2D eigenvalue weighted by Gasteiger charge is 2.20. The fourth-order valence-corrected chi connectivity index (χ4v) is 2.67. The number of nitriles is 1. The third-order valence-electron chi connectivity index (χ3n) is 3.89. The lowest BCUT2D eigenvalue weighted by molar-refractivity contribution is -0.131. The lowest BCUT2D eigenvalue weighted by Gasteiger charge is -2.30. The number of carbonyl (C=O) groups excluding carboxylic acids is 1. The molecule has 0 heterocycles. The Bertz CT molecular complexity index is 581. The average Bonchev–Trinajstić information content (AvgIpc) is 2.51. The van der Waals surface area contributed by atoms with Crippen LogP contribution >= 0.6 is 0 Å². The molecule has 0 atom stereocenters. The molecule has 5 heteroatoms. The average molecular weight is 345 g/mol. The lowest BCUT2D eigenvalue weighted by atomic mass is 9.96. The molecule has 0 fully saturated rings. The summed E-state index contributed by atoms with van der Waals surface area (Å²) < 4.78 is 0. The number of carbonyl (C=O) groups is 1. The van der Waals surface area contributed by atoms with Crippen LogP contribution in [0.5, 0.6) is 0 Å². The van der Waals surface area contributed by atoms with E-state index in [0.717, 1.165) is 17.8 Å². The van der Waals surface area contributed by atoms with Gasteiger partial charge in [-0.1, -0.05) is 32.9 Å². The molecule has 5 nitrogen and oxygen atoms in total. The first-order chi connectivity index (χ1) is 11.6. The predicted molar refractivity (Wildman–Crippen MR) is 103 cm³/mol. The van der Waals surface area contributed by atoms with Crippen molar-refractivity contribution in [2.24, 2.45) is 5.41 Å². The summed E-state index contributed by atoms with van der Waals surface area (Å²) in [4.78, 5) is 18.5. The van der Waals surface area contributed by atoms with Crippen molar-refractivity contribution in [1.82, 2.24) is 9.80 Å². The first-order valence-electron chi connectivity index (χ1n) is 8.72. The summed E-state index contributed by atoms with van der Waals surface area (Å²) in [5.74, 6) is 0.0823. The largest absolute Gasteiger partial charge is 0.378 e. The molecule has 25 heavy (non-hydrogen) atoms. The van der Waals surface area contributed by atoms with Crippen LogP contribution in [0.2, 0.25) is 0 Å². The van der Waals surface area contributed by atoms with Crippen LogP contribution in [0.4, 0.5) is 5.69 Å². The maximum Gasteiger partial charge on any atom is 0.236 e. The number of rotatable bonds is 8. The molecule has 138 valence electrons. The zero-order chi connectivity index (χ0) is 19.0. The van der Waals surface area contributed by atoms with Gasteiger partial charge in [0, 0.05) is 52.9 Å². The van der Waals surface area contributed by atoms with E-state index in [1.165, 1.54) is 0 Å². The number of likely N-dealkylation sites (N-methyl/N-ethyl adjacent to an activating group) is 1. The number of hydrogen-bond acceptors (Lipinski definition) is 4. The molecule has 0 aliphatic carbocycles. The normalized spacial score (nSPS) is 11.3. The molecule has 0 aromatic heterocycles. The van der Waals surface area contributed by atoms with Crippen molar-refractivity contribution in [3.05, 3.63) is 29.8 Å². The summed E-state index contributed by atoms with van der Waals surface area (Å²) >= 11 is 0. The van der Waals surface area contributed by atoms with Gasteiger partial charge in [0.05, 0.1) is 12.6 Å². The molecule has 0 saturated heterocycles. The quantitative estimate of drug-likeness (QED) is 0.727. The number of nitrogens with zero attached hydrogens (tertiary/aromatic N) is 4. The summed E-state index contributed by atoms with van der Waals surface area (Å²) in [7, 11) is 5.85. The second-order valence-electron chi connectivity index (χ2n) is 7.99. The number of benzene rings is 1. The first-order valence-corrected chi connectivity index (χ1v) is 8.72. The molecule has 1 rings (SSSR count). The molecule has 1 aromatic rings. The van der Waals surface area contributed by atoms with Gasteiger partial charge in [-0.15, -0.1) is 0 Å². The molecule has 0 unspecified atom stereocenters. The number of hydrogen-bond donors (Lipinski definition) is 0. The molecular formula is C20H32N4O. The van der Waals surface area contributed by atoms with Gasteiger partial charge in [-0.3, -0.25) is 9.69 Å². The van der Waals surface area contributed by atoms with Crippen LogP contribution in [0.3, 0.4) is 0 Å². The van der Waals surface area contributed by atoms with Crippen LogP contribution in [0.25, 0.3) is 0 Å². The minimum atomic E-state index is 0.0823. The maximum absolute atomic E-state index is 12.6. The molecule has 0 N–H and O–H groups in total. The van der Waals surface area contributed by atoms with Crippen molar-refractivity contribution >= 4 is 11.6 Å². The number of anilines is 1. The van der Waals surface area contributed by atoms with Crippen LogP contribution in [0.15, 0.2) is 24.3 Å². The molecule has 0 aliphatic rings. The van der Waals surface area contributed by atoms with Gasteiger partial charge in [0.25, 0.3) is 0 Å². The Morgan fingerprint density at radius 3 is 2.20 bits per heavy atom. The van der Waals surface area contributed by atoms with E-state index in [9.17, 15) is 4.79 Å². The SMILES string of the molecule is CN(Cc1ccc(N(C)C)cc1)C(=O)CN(CCC#N)CC(C)(C)C. The van der Waals surface area contributed by atoms with E-state index in [2.05, 4.69) is 60.9 Å². The molecule has 1 aromatic carbocycles. The van der Waals surface area contributed by atoms with Gasteiger partial charge >= 0.3 is 0 Å². The Balaban J connectivity index is 2.64. The van der Waals surface area contributed by atoms with E-state index >= 15 is 0 Å². The summed E-state index contributed by atoms with van der Waals surface area (Å²) in [5.41, 5.74) is 2.35. The monoisotopic (exact) mass is 344 g/mol. The second kappa shape index (κ2) is 9.43. The predicted octanol–water partition coefficient (Wildman–Crippen LogP) is 2.97.